The topological polar surface area (TPSA) is 38.3 Å². The molecule has 4 heteroatoms. The van der Waals surface area contributed by atoms with E-state index in [-0.39, 0.29) is 11.6 Å². The molecule has 1 N–H and O–H groups in total. The maximum atomic E-state index is 12.1. The predicted molar refractivity (Wildman–Crippen MR) is 78.0 cm³/mol. The molecule has 1 rings (SSSR count). The molecule has 1 fully saturated rings. The van der Waals surface area contributed by atoms with Gasteiger partial charge in [-0.3, -0.25) is 4.79 Å². The number of nitrogens with one attached hydrogen (secondary N) is 1. The number of halogens is 1. The Hall–Kier alpha value is -0.0900. The number of unbranched alkanes of at least 4 members (excludes halogenated alkanes) is 1. The Morgan fingerprint density at radius 3 is 2.39 bits per heavy atom. The van der Waals surface area contributed by atoms with E-state index in [1.807, 2.05) is 20.8 Å². The van der Waals surface area contributed by atoms with Crippen LogP contribution in [0.15, 0.2) is 0 Å². The van der Waals surface area contributed by atoms with Crippen molar-refractivity contribution < 1.29 is 9.53 Å². The number of carbonyl (C=O) groups excluding carboxylic acids is 1. The molecule has 0 aromatic rings. The van der Waals surface area contributed by atoms with Gasteiger partial charge in [0.2, 0.25) is 0 Å². The largest absolute Gasteiger partial charge is 0.459 e. The fourth-order valence-electron chi connectivity index (χ4n) is 2.18. The number of piperidine rings is 1. The van der Waals surface area contributed by atoms with Crippen molar-refractivity contribution in [3.8, 4) is 0 Å². The summed E-state index contributed by atoms with van der Waals surface area (Å²) in [5.74, 6) is -0.0664. The molecule has 0 aliphatic carbocycles. The second-order valence-corrected chi connectivity index (χ2v) is 7.01. The third-order valence-corrected chi connectivity index (χ3v) is 4.01. The molecule has 1 heterocycles. The van der Waals surface area contributed by atoms with Crippen molar-refractivity contribution in [2.45, 2.75) is 58.5 Å². The lowest BCUT2D eigenvalue weighted by Crippen LogP contribution is -2.47. The van der Waals surface area contributed by atoms with Gasteiger partial charge >= 0.3 is 5.97 Å². The zero-order valence-electron chi connectivity index (χ0n) is 11.9. The van der Waals surface area contributed by atoms with Crippen molar-refractivity contribution in [1.29, 1.82) is 0 Å². The third-order valence-electron chi connectivity index (χ3n) is 3.45. The van der Waals surface area contributed by atoms with Gasteiger partial charge in [0, 0.05) is 5.33 Å². The molecule has 3 nitrogen and oxygen atoms in total. The van der Waals surface area contributed by atoms with E-state index in [2.05, 4.69) is 21.2 Å². The van der Waals surface area contributed by atoms with E-state index in [9.17, 15) is 4.79 Å². The number of alkyl halides is 1. The molecule has 1 aliphatic rings. The Bertz CT molecular complexity index is 267. The number of carbonyl (C=O) groups is 1. The number of ether oxygens (including phenoxy) is 1. The Kier molecular flexibility index (Phi) is 6.12. The normalized spacial score (nSPS) is 19.6. The molecule has 0 atom stereocenters. The van der Waals surface area contributed by atoms with Crippen molar-refractivity contribution in [2.75, 3.05) is 18.4 Å². The minimum Gasteiger partial charge on any atom is -0.459 e. The van der Waals surface area contributed by atoms with Crippen molar-refractivity contribution in [2.24, 2.45) is 5.41 Å². The number of hydrogen-bond donors (Lipinski definition) is 1. The lowest BCUT2D eigenvalue weighted by atomic mass is 9.86. The molecule has 18 heavy (non-hydrogen) atoms. The molecule has 0 spiro atoms. The molecule has 0 aromatic heterocycles. The van der Waals surface area contributed by atoms with Gasteiger partial charge in [-0.2, -0.15) is 0 Å². The minimum absolute atomic E-state index is 0.0664. The molecule has 0 bridgehead atoms. The molecule has 0 aromatic carbocycles. The van der Waals surface area contributed by atoms with Gasteiger partial charge in [0.15, 0.2) is 0 Å². The SMILES string of the molecule is CC(C)(C)C(=O)OC1(CCCCBr)CCNCC1. The first-order valence-electron chi connectivity index (χ1n) is 6.90. The Morgan fingerprint density at radius 1 is 1.28 bits per heavy atom. The van der Waals surface area contributed by atoms with Gasteiger partial charge in [-0.05, 0) is 66.0 Å². The number of esters is 1. The highest BCUT2D eigenvalue weighted by atomic mass is 79.9. The third kappa shape index (κ3) is 4.88. The summed E-state index contributed by atoms with van der Waals surface area (Å²) in [6, 6.07) is 0. The van der Waals surface area contributed by atoms with Gasteiger partial charge in [-0.25, -0.2) is 0 Å². The lowest BCUT2D eigenvalue weighted by Gasteiger charge is -2.39. The zero-order valence-corrected chi connectivity index (χ0v) is 13.4. The molecule has 1 aliphatic heterocycles. The van der Waals surface area contributed by atoms with Crippen LogP contribution in [-0.4, -0.2) is 30.0 Å². The molecule has 0 amide bonds. The summed E-state index contributed by atoms with van der Waals surface area (Å²) in [7, 11) is 0. The summed E-state index contributed by atoms with van der Waals surface area (Å²) in [6.07, 6.45) is 5.13. The highest BCUT2D eigenvalue weighted by Crippen LogP contribution is 2.32. The monoisotopic (exact) mass is 319 g/mol. The summed E-state index contributed by atoms with van der Waals surface area (Å²) in [4.78, 5) is 12.1. The van der Waals surface area contributed by atoms with E-state index in [1.54, 1.807) is 0 Å². The molecule has 106 valence electrons. The van der Waals surface area contributed by atoms with Crippen molar-refractivity contribution in [3.63, 3.8) is 0 Å². The lowest BCUT2D eigenvalue weighted by molar-refractivity contribution is -0.173. The first-order valence-corrected chi connectivity index (χ1v) is 8.02. The fraction of sp³-hybridized carbons (Fsp3) is 0.929. The fourth-order valence-corrected chi connectivity index (χ4v) is 2.57. The molecule has 0 radical (unpaired) electrons. The van der Waals surface area contributed by atoms with Crippen LogP contribution in [0.4, 0.5) is 0 Å². The van der Waals surface area contributed by atoms with Crippen LogP contribution in [0.25, 0.3) is 0 Å². The van der Waals surface area contributed by atoms with Crippen LogP contribution in [0.5, 0.6) is 0 Å². The average Bonchev–Trinajstić information content (AvgIpc) is 2.29. The second-order valence-electron chi connectivity index (χ2n) is 6.22. The Balaban J connectivity index is 2.62. The standard InChI is InChI=1S/C14H26BrNO2/c1-13(2,3)12(17)18-14(6-4-5-9-15)7-10-16-11-8-14/h16H,4-11H2,1-3H3. The molecular weight excluding hydrogens is 294 g/mol. The Labute approximate surface area is 119 Å². The van der Waals surface area contributed by atoms with Gasteiger partial charge in [0.25, 0.3) is 0 Å². The van der Waals surface area contributed by atoms with Gasteiger partial charge in [-0.15, -0.1) is 0 Å². The van der Waals surface area contributed by atoms with E-state index in [0.717, 1.165) is 50.5 Å². The highest BCUT2D eigenvalue weighted by Gasteiger charge is 2.38. The van der Waals surface area contributed by atoms with Crippen LogP contribution in [0, 0.1) is 5.41 Å². The zero-order chi connectivity index (χ0) is 13.6. The van der Waals surface area contributed by atoms with Crippen molar-refractivity contribution in [3.05, 3.63) is 0 Å². The van der Waals surface area contributed by atoms with Gasteiger partial charge in [0.1, 0.15) is 5.60 Å². The van der Waals surface area contributed by atoms with E-state index in [0.29, 0.717) is 0 Å². The summed E-state index contributed by atoms with van der Waals surface area (Å²) >= 11 is 3.45. The minimum atomic E-state index is -0.409. The van der Waals surface area contributed by atoms with Gasteiger partial charge < -0.3 is 10.1 Å². The maximum absolute atomic E-state index is 12.1. The second kappa shape index (κ2) is 6.90. The van der Waals surface area contributed by atoms with Crippen LogP contribution in [0.3, 0.4) is 0 Å². The van der Waals surface area contributed by atoms with Crippen LogP contribution in [0.1, 0.15) is 52.9 Å². The van der Waals surface area contributed by atoms with Crippen LogP contribution in [0.2, 0.25) is 0 Å². The maximum Gasteiger partial charge on any atom is 0.311 e. The van der Waals surface area contributed by atoms with E-state index in [4.69, 9.17) is 4.74 Å². The first-order chi connectivity index (χ1) is 8.40. The summed E-state index contributed by atoms with van der Waals surface area (Å²) in [6.45, 7) is 7.66. The summed E-state index contributed by atoms with van der Waals surface area (Å²) < 4.78 is 5.90. The van der Waals surface area contributed by atoms with Crippen LogP contribution < -0.4 is 5.32 Å². The van der Waals surface area contributed by atoms with Crippen LogP contribution in [-0.2, 0) is 9.53 Å². The van der Waals surface area contributed by atoms with E-state index >= 15 is 0 Å². The van der Waals surface area contributed by atoms with Gasteiger partial charge in [-0.1, -0.05) is 15.9 Å². The summed E-state index contributed by atoms with van der Waals surface area (Å²) in [5, 5.41) is 4.36. The Morgan fingerprint density at radius 2 is 1.89 bits per heavy atom. The molecule has 1 saturated heterocycles. The van der Waals surface area contributed by atoms with Crippen molar-refractivity contribution >= 4 is 21.9 Å². The number of rotatable bonds is 5. The van der Waals surface area contributed by atoms with Gasteiger partial charge in [0.05, 0.1) is 5.41 Å². The number of hydrogen-bond acceptors (Lipinski definition) is 3. The van der Waals surface area contributed by atoms with Crippen molar-refractivity contribution in [1.82, 2.24) is 5.32 Å². The molecule has 0 unspecified atom stereocenters. The van der Waals surface area contributed by atoms with Crippen LogP contribution >= 0.6 is 15.9 Å². The molecular formula is C14H26BrNO2. The van der Waals surface area contributed by atoms with E-state index in [1.165, 1.54) is 0 Å². The summed E-state index contributed by atoms with van der Waals surface area (Å²) in [5.41, 5.74) is -0.634. The first kappa shape index (κ1) is 16.0. The quantitative estimate of drug-likeness (QED) is 0.480. The highest BCUT2D eigenvalue weighted by molar-refractivity contribution is 9.09. The van der Waals surface area contributed by atoms with E-state index < -0.39 is 5.41 Å². The predicted octanol–water partition coefficient (Wildman–Crippen LogP) is 3.26. The molecule has 0 saturated carbocycles. The smallest absolute Gasteiger partial charge is 0.311 e. The average molecular weight is 320 g/mol.